The molecule has 0 aromatic rings. The van der Waals surface area contributed by atoms with Gasteiger partial charge in [0.05, 0.1) is 18.9 Å². The minimum Gasteiger partial charge on any atom is -0.395 e. The molecule has 0 bridgehead atoms. The molecule has 1 rings (SSSR count). The fourth-order valence-corrected chi connectivity index (χ4v) is 2.75. The first kappa shape index (κ1) is 11.4. The highest BCUT2D eigenvalue weighted by Gasteiger charge is 2.29. The molecule has 1 aliphatic rings. The second kappa shape index (κ2) is 4.72. The van der Waals surface area contributed by atoms with Gasteiger partial charge in [-0.25, -0.2) is 8.42 Å². The highest BCUT2D eigenvalue weighted by Crippen LogP contribution is 2.11. The second-order valence-electron chi connectivity index (χ2n) is 3.08. The highest BCUT2D eigenvalue weighted by molar-refractivity contribution is 7.89. The van der Waals surface area contributed by atoms with Crippen molar-refractivity contribution in [2.24, 2.45) is 0 Å². The predicted molar refractivity (Wildman–Crippen MR) is 50.1 cm³/mol. The summed E-state index contributed by atoms with van der Waals surface area (Å²) in [5, 5.41) is 10.8. The monoisotopic (exact) mass is 222 g/mol. The van der Waals surface area contributed by atoms with Crippen molar-refractivity contribution in [1.82, 2.24) is 9.62 Å². The quantitative estimate of drug-likeness (QED) is 0.583. The third kappa shape index (κ3) is 2.93. The SMILES string of the molecule is O=C(CN1CCCS1(=O)=O)NCCO. The normalized spacial score (nSPS) is 20.9. The van der Waals surface area contributed by atoms with E-state index in [2.05, 4.69) is 5.32 Å². The largest absolute Gasteiger partial charge is 0.395 e. The van der Waals surface area contributed by atoms with Crippen LogP contribution >= 0.6 is 0 Å². The third-order valence-corrected chi connectivity index (χ3v) is 3.86. The number of hydrogen-bond donors (Lipinski definition) is 2. The molecule has 0 aromatic heterocycles. The van der Waals surface area contributed by atoms with E-state index < -0.39 is 10.0 Å². The van der Waals surface area contributed by atoms with E-state index >= 15 is 0 Å². The number of nitrogens with one attached hydrogen (secondary N) is 1. The summed E-state index contributed by atoms with van der Waals surface area (Å²) in [6, 6.07) is 0. The Morgan fingerprint density at radius 2 is 2.21 bits per heavy atom. The van der Waals surface area contributed by atoms with Crippen LogP contribution in [-0.2, 0) is 14.8 Å². The Balaban J connectivity index is 2.41. The van der Waals surface area contributed by atoms with Crippen LogP contribution in [0.15, 0.2) is 0 Å². The van der Waals surface area contributed by atoms with Crippen LogP contribution in [0.5, 0.6) is 0 Å². The van der Waals surface area contributed by atoms with Gasteiger partial charge in [-0.1, -0.05) is 0 Å². The summed E-state index contributed by atoms with van der Waals surface area (Å²) in [6.07, 6.45) is 0.579. The van der Waals surface area contributed by atoms with Crippen molar-refractivity contribution in [2.75, 3.05) is 32.0 Å². The molecule has 1 heterocycles. The first-order valence-corrected chi connectivity index (χ1v) is 6.02. The molecular weight excluding hydrogens is 208 g/mol. The van der Waals surface area contributed by atoms with E-state index in [1.165, 1.54) is 4.31 Å². The van der Waals surface area contributed by atoms with Gasteiger partial charge in [-0.2, -0.15) is 4.31 Å². The van der Waals surface area contributed by atoms with E-state index in [4.69, 9.17) is 5.11 Å². The molecule has 1 fully saturated rings. The van der Waals surface area contributed by atoms with Gasteiger partial charge >= 0.3 is 0 Å². The van der Waals surface area contributed by atoms with Crippen LogP contribution in [0.4, 0.5) is 0 Å². The molecule has 6 nitrogen and oxygen atoms in total. The Bertz CT molecular complexity index is 301. The minimum atomic E-state index is -3.20. The fraction of sp³-hybridized carbons (Fsp3) is 0.857. The van der Waals surface area contributed by atoms with Gasteiger partial charge in [-0.15, -0.1) is 0 Å². The van der Waals surface area contributed by atoms with E-state index in [0.29, 0.717) is 13.0 Å². The van der Waals surface area contributed by atoms with Gasteiger partial charge in [0.1, 0.15) is 0 Å². The molecule has 7 heteroatoms. The van der Waals surface area contributed by atoms with Gasteiger partial charge in [0, 0.05) is 13.1 Å². The Labute approximate surface area is 82.9 Å². The number of carbonyl (C=O) groups is 1. The van der Waals surface area contributed by atoms with Crippen LogP contribution in [-0.4, -0.2) is 55.7 Å². The number of sulfonamides is 1. The molecule has 0 aromatic carbocycles. The van der Waals surface area contributed by atoms with Crippen LogP contribution in [0, 0.1) is 0 Å². The van der Waals surface area contributed by atoms with Gasteiger partial charge < -0.3 is 10.4 Å². The molecule has 0 radical (unpaired) electrons. The molecule has 1 saturated heterocycles. The lowest BCUT2D eigenvalue weighted by molar-refractivity contribution is -0.121. The molecular formula is C7H14N2O4S. The maximum Gasteiger partial charge on any atom is 0.235 e. The fourth-order valence-electron chi connectivity index (χ4n) is 1.28. The number of amides is 1. The third-order valence-electron chi connectivity index (χ3n) is 1.96. The summed E-state index contributed by atoms with van der Waals surface area (Å²) >= 11 is 0. The molecule has 0 spiro atoms. The number of aliphatic hydroxyl groups is 1. The Morgan fingerprint density at radius 1 is 1.50 bits per heavy atom. The number of carbonyl (C=O) groups excluding carboxylic acids is 1. The lowest BCUT2D eigenvalue weighted by Crippen LogP contribution is -2.39. The smallest absolute Gasteiger partial charge is 0.235 e. The van der Waals surface area contributed by atoms with Crippen LogP contribution in [0.3, 0.4) is 0 Å². The van der Waals surface area contributed by atoms with Crippen molar-refractivity contribution in [1.29, 1.82) is 0 Å². The van der Waals surface area contributed by atoms with E-state index in [9.17, 15) is 13.2 Å². The van der Waals surface area contributed by atoms with E-state index in [1.54, 1.807) is 0 Å². The van der Waals surface area contributed by atoms with Crippen LogP contribution in [0.2, 0.25) is 0 Å². The van der Waals surface area contributed by atoms with E-state index in [-0.39, 0.29) is 31.4 Å². The van der Waals surface area contributed by atoms with Gasteiger partial charge in [-0.05, 0) is 6.42 Å². The molecule has 0 aliphatic carbocycles. The molecule has 14 heavy (non-hydrogen) atoms. The number of rotatable bonds is 4. The number of hydrogen-bond acceptors (Lipinski definition) is 4. The second-order valence-corrected chi connectivity index (χ2v) is 5.17. The molecule has 0 atom stereocenters. The molecule has 0 unspecified atom stereocenters. The Morgan fingerprint density at radius 3 is 2.71 bits per heavy atom. The average Bonchev–Trinajstić information content (AvgIpc) is 2.43. The van der Waals surface area contributed by atoms with Gasteiger partial charge in [0.25, 0.3) is 0 Å². The standard InChI is InChI=1S/C7H14N2O4S/c10-4-2-8-7(11)6-9-3-1-5-14(9,12)13/h10H,1-6H2,(H,8,11). The van der Waals surface area contributed by atoms with Crippen molar-refractivity contribution < 1.29 is 18.3 Å². The van der Waals surface area contributed by atoms with Crippen LogP contribution < -0.4 is 5.32 Å². The predicted octanol–water partition coefficient (Wildman–Crippen LogP) is -1.87. The lowest BCUT2D eigenvalue weighted by Gasteiger charge is -2.13. The summed E-state index contributed by atoms with van der Waals surface area (Å²) in [5.41, 5.74) is 0. The van der Waals surface area contributed by atoms with Crippen LogP contribution in [0.1, 0.15) is 6.42 Å². The maximum absolute atomic E-state index is 11.3. The van der Waals surface area contributed by atoms with E-state index in [1.807, 2.05) is 0 Å². The van der Waals surface area contributed by atoms with Crippen molar-refractivity contribution in [3.05, 3.63) is 0 Å². The molecule has 2 N–H and O–H groups in total. The van der Waals surface area contributed by atoms with Crippen molar-refractivity contribution in [2.45, 2.75) is 6.42 Å². The topological polar surface area (TPSA) is 86.7 Å². The first-order chi connectivity index (χ1) is 6.56. The molecule has 0 saturated carbocycles. The average molecular weight is 222 g/mol. The summed E-state index contributed by atoms with van der Waals surface area (Å²) < 4.78 is 23.7. The molecule has 82 valence electrons. The van der Waals surface area contributed by atoms with Gasteiger partial charge in [-0.3, -0.25) is 4.79 Å². The number of nitrogens with zero attached hydrogens (tertiary/aromatic N) is 1. The summed E-state index contributed by atoms with van der Waals surface area (Å²) in [6.45, 7) is 0.294. The van der Waals surface area contributed by atoms with Crippen molar-refractivity contribution in [3.8, 4) is 0 Å². The zero-order valence-electron chi connectivity index (χ0n) is 7.77. The molecule has 1 amide bonds. The van der Waals surface area contributed by atoms with Crippen molar-refractivity contribution >= 4 is 15.9 Å². The van der Waals surface area contributed by atoms with Gasteiger partial charge in [0.15, 0.2) is 0 Å². The maximum atomic E-state index is 11.3. The zero-order valence-corrected chi connectivity index (χ0v) is 8.59. The minimum absolute atomic E-state index is 0.125. The summed E-state index contributed by atoms with van der Waals surface area (Å²) in [5.74, 6) is -0.246. The zero-order chi connectivity index (χ0) is 10.6. The number of aliphatic hydroxyl groups excluding tert-OH is 1. The summed E-state index contributed by atoms with van der Waals surface area (Å²) in [7, 11) is -3.20. The van der Waals surface area contributed by atoms with E-state index in [0.717, 1.165) is 0 Å². The highest BCUT2D eigenvalue weighted by atomic mass is 32.2. The van der Waals surface area contributed by atoms with Gasteiger partial charge in [0.2, 0.25) is 15.9 Å². The van der Waals surface area contributed by atoms with Crippen LogP contribution in [0.25, 0.3) is 0 Å². The molecule has 1 aliphatic heterocycles. The Hall–Kier alpha value is -0.660. The van der Waals surface area contributed by atoms with Crippen molar-refractivity contribution in [3.63, 3.8) is 0 Å². The lowest BCUT2D eigenvalue weighted by atomic mass is 10.4. The first-order valence-electron chi connectivity index (χ1n) is 4.41. The summed E-state index contributed by atoms with van der Waals surface area (Å²) in [4.78, 5) is 11.1. The Kier molecular flexibility index (Phi) is 3.85.